The number of nitriles is 1. The van der Waals surface area contributed by atoms with Crippen molar-refractivity contribution in [2.24, 2.45) is 0 Å². The highest BCUT2D eigenvalue weighted by molar-refractivity contribution is 9.10. The van der Waals surface area contributed by atoms with Gasteiger partial charge in [0.2, 0.25) is 5.91 Å². The van der Waals surface area contributed by atoms with Gasteiger partial charge in [-0.05, 0) is 59.6 Å². The number of nitrogens with one attached hydrogen (secondary N) is 1. The topological polar surface area (TPSA) is 90.3 Å². The molecular formula is C23H25BrN6O2. The van der Waals surface area contributed by atoms with E-state index in [1.54, 1.807) is 12.5 Å². The fourth-order valence-electron chi connectivity index (χ4n) is 3.95. The molecule has 0 spiro atoms. The third-order valence-corrected chi connectivity index (χ3v) is 6.34. The molecule has 1 aliphatic rings. The molecule has 9 heteroatoms. The van der Waals surface area contributed by atoms with Gasteiger partial charge in [0.15, 0.2) is 0 Å². The van der Waals surface area contributed by atoms with Crippen molar-refractivity contribution in [2.45, 2.75) is 20.4 Å². The molecule has 0 unspecified atom stereocenters. The van der Waals surface area contributed by atoms with Gasteiger partial charge in [-0.15, -0.1) is 0 Å². The highest BCUT2D eigenvalue weighted by Crippen LogP contribution is 2.27. The Morgan fingerprint density at radius 1 is 1.25 bits per heavy atom. The zero-order chi connectivity index (χ0) is 22.7. The number of carbonyl (C=O) groups excluding carboxylic acids is 1. The maximum absolute atomic E-state index is 12.9. The van der Waals surface area contributed by atoms with Crippen LogP contribution in [0.25, 0.3) is 0 Å². The number of piperazine rings is 1. The van der Waals surface area contributed by atoms with Crippen LogP contribution in [0.5, 0.6) is 0 Å². The summed E-state index contributed by atoms with van der Waals surface area (Å²) in [5.74, 6) is 2.11. The fourth-order valence-corrected chi connectivity index (χ4v) is 4.19. The molecular weight excluding hydrogens is 472 g/mol. The maximum Gasteiger partial charge on any atom is 0.239 e. The molecule has 0 saturated carbocycles. The first-order valence-corrected chi connectivity index (χ1v) is 11.3. The van der Waals surface area contributed by atoms with Gasteiger partial charge in [0.25, 0.3) is 0 Å². The zero-order valence-corrected chi connectivity index (χ0v) is 19.7. The second-order valence-corrected chi connectivity index (χ2v) is 8.77. The normalized spacial score (nSPS) is 14.4. The number of carbonyl (C=O) groups is 1. The third-order valence-electron chi connectivity index (χ3n) is 5.87. The highest BCUT2D eigenvalue weighted by atomic mass is 79.9. The van der Waals surface area contributed by atoms with Gasteiger partial charge >= 0.3 is 0 Å². The van der Waals surface area contributed by atoms with E-state index >= 15 is 0 Å². The molecule has 0 atom stereocenters. The SMILES string of the molecule is Cc1c(C#N)c(NC(=O)CN2CCN(c3ccc(Br)cn3)CC2)n(Cc2ccco2)c1C. The van der Waals surface area contributed by atoms with Gasteiger partial charge in [-0.1, -0.05) is 0 Å². The number of amides is 1. The number of rotatable bonds is 6. The van der Waals surface area contributed by atoms with E-state index in [-0.39, 0.29) is 12.5 Å². The van der Waals surface area contributed by atoms with Crippen LogP contribution in [-0.4, -0.2) is 53.1 Å². The number of furan rings is 1. The summed E-state index contributed by atoms with van der Waals surface area (Å²) < 4.78 is 8.36. The summed E-state index contributed by atoms with van der Waals surface area (Å²) in [6.45, 7) is 7.72. The van der Waals surface area contributed by atoms with Crippen LogP contribution in [0.3, 0.4) is 0 Å². The first-order valence-electron chi connectivity index (χ1n) is 10.5. The van der Waals surface area contributed by atoms with E-state index in [0.717, 1.165) is 53.5 Å². The van der Waals surface area contributed by atoms with Crippen LogP contribution < -0.4 is 10.2 Å². The van der Waals surface area contributed by atoms with Crippen molar-refractivity contribution in [1.29, 1.82) is 5.26 Å². The van der Waals surface area contributed by atoms with Crippen molar-refractivity contribution in [2.75, 3.05) is 42.9 Å². The first kappa shape index (κ1) is 22.1. The fraction of sp³-hybridized carbons (Fsp3) is 0.348. The summed E-state index contributed by atoms with van der Waals surface area (Å²) in [6.07, 6.45) is 3.41. The van der Waals surface area contributed by atoms with E-state index in [0.29, 0.717) is 17.9 Å². The minimum Gasteiger partial charge on any atom is -0.467 e. The van der Waals surface area contributed by atoms with Gasteiger partial charge in [0.05, 0.1) is 24.9 Å². The molecule has 32 heavy (non-hydrogen) atoms. The Hall–Kier alpha value is -3.09. The Morgan fingerprint density at radius 2 is 2.03 bits per heavy atom. The minimum absolute atomic E-state index is 0.130. The molecule has 4 rings (SSSR count). The molecule has 0 aliphatic carbocycles. The molecule has 1 fully saturated rings. The van der Waals surface area contributed by atoms with Crippen LogP contribution in [0, 0.1) is 25.2 Å². The average molecular weight is 497 g/mol. The van der Waals surface area contributed by atoms with Crippen LogP contribution in [0.15, 0.2) is 45.6 Å². The Kier molecular flexibility index (Phi) is 6.63. The van der Waals surface area contributed by atoms with E-state index in [1.165, 1.54) is 0 Å². The third kappa shape index (κ3) is 4.71. The molecule has 1 saturated heterocycles. The lowest BCUT2D eigenvalue weighted by Gasteiger charge is -2.35. The number of nitrogens with zero attached hydrogens (tertiary/aromatic N) is 5. The smallest absolute Gasteiger partial charge is 0.239 e. The summed E-state index contributed by atoms with van der Waals surface area (Å²) in [7, 11) is 0. The van der Waals surface area contributed by atoms with Crippen molar-refractivity contribution in [3.05, 3.63) is 63.8 Å². The molecule has 4 heterocycles. The molecule has 1 aliphatic heterocycles. The molecule has 0 bridgehead atoms. The number of hydrogen-bond donors (Lipinski definition) is 1. The van der Waals surface area contributed by atoms with Gasteiger partial charge in [0, 0.05) is 42.5 Å². The number of aromatic nitrogens is 2. The predicted molar refractivity (Wildman–Crippen MR) is 126 cm³/mol. The van der Waals surface area contributed by atoms with Gasteiger partial charge in [0.1, 0.15) is 23.5 Å². The molecule has 0 aromatic carbocycles. The lowest BCUT2D eigenvalue weighted by Crippen LogP contribution is -2.49. The number of halogens is 1. The molecule has 1 amide bonds. The lowest BCUT2D eigenvalue weighted by atomic mass is 10.2. The van der Waals surface area contributed by atoms with Crippen LogP contribution in [-0.2, 0) is 11.3 Å². The maximum atomic E-state index is 12.9. The Morgan fingerprint density at radius 3 is 2.66 bits per heavy atom. The van der Waals surface area contributed by atoms with Crippen LogP contribution in [0.1, 0.15) is 22.6 Å². The number of hydrogen-bond acceptors (Lipinski definition) is 6. The van der Waals surface area contributed by atoms with Gasteiger partial charge in [-0.2, -0.15) is 5.26 Å². The highest BCUT2D eigenvalue weighted by Gasteiger charge is 2.23. The predicted octanol–water partition coefficient (Wildman–Crippen LogP) is 3.54. The first-order chi connectivity index (χ1) is 15.5. The quantitative estimate of drug-likeness (QED) is 0.561. The number of pyridine rings is 1. The second kappa shape index (κ2) is 9.59. The average Bonchev–Trinajstić information content (AvgIpc) is 3.38. The van der Waals surface area contributed by atoms with E-state index < -0.39 is 0 Å². The van der Waals surface area contributed by atoms with Gasteiger partial charge in [-0.3, -0.25) is 9.69 Å². The van der Waals surface area contributed by atoms with Crippen LogP contribution in [0.2, 0.25) is 0 Å². The molecule has 3 aromatic rings. The molecule has 3 aromatic heterocycles. The van der Waals surface area contributed by atoms with Crippen molar-refractivity contribution >= 4 is 33.5 Å². The van der Waals surface area contributed by atoms with Crippen LogP contribution >= 0.6 is 15.9 Å². The Bertz CT molecular complexity index is 1120. The standard InChI is InChI=1S/C23H25BrN6O2/c1-16-17(2)30(14-19-4-3-11-32-19)23(20(16)12-25)27-22(31)15-28-7-9-29(10-8-28)21-6-5-18(24)13-26-21/h3-6,11,13H,7-10,14-15H2,1-2H3,(H,27,31). The largest absolute Gasteiger partial charge is 0.467 e. The number of anilines is 2. The van der Waals surface area contributed by atoms with Crippen molar-refractivity contribution < 1.29 is 9.21 Å². The van der Waals surface area contributed by atoms with Crippen LogP contribution in [0.4, 0.5) is 11.6 Å². The summed E-state index contributed by atoms with van der Waals surface area (Å²) in [5, 5.41) is 12.7. The van der Waals surface area contributed by atoms with Gasteiger partial charge in [-0.25, -0.2) is 4.98 Å². The monoisotopic (exact) mass is 496 g/mol. The zero-order valence-electron chi connectivity index (χ0n) is 18.1. The van der Waals surface area contributed by atoms with Crippen molar-refractivity contribution in [3.63, 3.8) is 0 Å². The summed E-state index contributed by atoms with van der Waals surface area (Å²) in [5.41, 5.74) is 2.29. The minimum atomic E-state index is -0.130. The molecule has 166 valence electrons. The van der Waals surface area contributed by atoms with Crippen molar-refractivity contribution in [3.8, 4) is 6.07 Å². The van der Waals surface area contributed by atoms with E-state index in [9.17, 15) is 10.1 Å². The molecule has 8 nitrogen and oxygen atoms in total. The van der Waals surface area contributed by atoms with E-state index in [2.05, 4.69) is 42.1 Å². The van der Waals surface area contributed by atoms with Crippen molar-refractivity contribution in [1.82, 2.24) is 14.5 Å². The Balaban J connectivity index is 1.41. The van der Waals surface area contributed by atoms with E-state index in [1.807, 2.05) is 42.7 Å². The summed E-state index contributed by atoms with van der Waals surface area (Å²) >= 11 is 3.41. The summed E-state index contributed by atoms with van der Waals surface area (Å²) in [4.78, 5) is 21.7. The Labute approximate surface area is 195 Å². The summed E-state index contributed by atoms with van der Waals surface area (Å²) in [6, 6.07) is 9.93. The molecule has 1 N–H and O–H groups in total. The molecule has 0 radical (unpaired) electrons. The lowest BCUT2D eigenvalue weighted by molar-refractivity contribution is -0.117. The second-order valence-electron chi connectivity index (χ2n) is 7.86. The van der Waals surface area contributed by atoms with E-state index in [4.69, 9.17) is 4.42 Å². The van der Waals surface area contributed by atoms with Gasteiger partial charge < -0.3 is 19.2 Å².